The van der Waals surface area contributed by atoms with Gasteiger partial charge in [-0.05, 0) is 23.5 Å². The monoisotopic (exact) mass is 288 g/mol. The van der Waals surface area contributed by atoms with Crippen molar-refractivity contribution in [3.05, 3.63) is 21.9 Å². The Morgan fingerprint density at radius 1 is 1.33 bits per heavy atom. The van der Waals surface area contributed by atoms with Crippen molar-refractivity contribution in [2.45, 2.75) is 51.3 Å². The first-order chi connectivity index (χ1) is 6.86. The Labute approximate surface area is 106 Å². The number of hydrogen-bond acceptors (Lipinski definition) is 1. The third-order valence-corrected chi connectivity index (χ3v) is 6.07. The van der Waals surface area contributed by atoms with E-state index in [2.05, 4.69) is 62.7 Å². The Balaban J connectivity index is 2.85. The molecule has 0 N–H and O–H groups in total. The second-order valence-corrected chi connectivity index (χ2v) is 7.34. The topological polar surface area (TPSA) is 0 Å². The van der Waals surface area contributed by atoms with E-state index in [-0.39, 0.29) is 5.41 Å². The highest BCUT2D eigenvalue weighted by molar-refractivity contribution is 9.09. The zero-order valence-electron chi connectivity index (χ0n) is 10.3. The Morgan fingerprint density at radius 2 is 1.93 bits per heavy atom. The molecule has 1 rings (SSSR count). The Bertz CT molecular complexity index is 309. The lowest BCUT2D eigenvalue weighted by molar-refractivity contribution is 0.560. The normalized spacial score (nSPS) is 16.4. The lowest BCUT2D eigenvalue weighted by Gasteiger charge is -2.17. The molecule has 0 saturated carbocycles. The van der Waals surface area contributed by atoms with Crippen molar-refractivity contribution >= 4 is 27.3 Å². The van der Waals surface area contributed by atoms with Crippen molar-refractivity contribution in [3.8, 4) is 0 Å². The highest BCUT2D eigenvalue weighted by atomic mass is 79.9. The summed E-state index contributed by atoms with van der Waals surface area (Å²) in [6.07, 6.45) is 1.22. The molecule has 15 heavy (non-hydrogen) atoms. The molecule has 2 atom stereocenters. The lowest BCUT2D eigenvalue weighted by atomic mass is 9.95. The molecular formula is C13H21BrS. The minimum absolute atomic E-state index is 0.283. The largest absolute Gasteiger partial charge is 0.144 e. The predicted molar refractivity (Wildman–Crippen MR) is 74.1 cm³/mol. The van der Waals surface area contributed by atoms with E-state index < -0.39 is 0 Å². The third kappa shape index (κ3) is 3.32. The maximum Gasteiger partial charge on any atom is 0.0514 e. The molecular weight excluding hydrogens is 268 g/mol. The van der Waals surface area contributed by atoms with Crippen molar-refractivity contribution in [1.29, 1.82) is 0 Å². The van der Waals surface area contributed by atoms with Gasteiger partial charge < -0.3 is 0 Å². The van der Waals surface area contributed by atoms with Gasteiger partial charge in [0.05, 0.1) is 4.83 Å². The highest BCUT2D eigenvalue weighted by Crippen LogP contribution is 2.39. The summed E-state index contributed by atoms with van der Waals surface area (Å²) in [5, 5.41) is 0. The van der Waals surface area contributed by atoms with Crippen LogP contribution in [0.4, 0.5) is 0 Å². The molecule has 2 heteroatoms. The van der Waals surface area contributed by atoms with E-state index in [1.807, 2.05) is 11.3 Å². The van der Waals surface area contributed by atoms with Crippen LogP contribution >= 0.6 is 27.3 Å². The lowest BCUT2D eigenvalue weighted by Crippen LogP contribution is -2.07. The average molecular weight is 289 g/mol. The summed E-state index contributed by atoms with van der Waals surface area (Å²) in [6.45, 7) is 11.4. The zero-order chi connectivity index (χ0) is 11.6. The van der Waals surface area contributed by atoms with Gasteiger partial charge in [0.25, 0.3) is 0 Å². The van der Waals surface area contributed by atoms with Crippen LogP contribution in [0.2, 0.25) is 0 Å². The smallest absolute Gasteiger partial charge is 0.0514 e. The van der Waals surface area contributed by atoms with Crippen LogP contribution in [0.1, 0.15) is 55.6 Å². The number of rotatable bonds is 3. The van der Waals surface area contributed by atoms with Gasteiger partial charge in [-0.15, -0.1) is 11.3 Å². The van der Waals surface area contributed by atoms with Gasteiger partial charge >= 0.3 is 0 Å². The summed E-state index contributed by atoms with van der Waals surface area (Å²) >= 11 is 5.75. The summed E-state index contributed by atoms with van der Waals surface area (Å²) in [7, 11) is 0. The van der Waals surface area contributed by atoms with Crippen LogP contribution < -0.4 is 0 Å². The molecule has 0 amide bonds. The first kappa shape index (κ1) is 13.2. The minimum atomic E-state index is 0.283. The highest BCUT2D eigenvalue weighted by Gasteiger charge is 2.20. The molecule has 1 heterocycles. The molecule has 0 spiro atoms. The van der Waals surface area contributed by atoms with Crippen molar-refractivity contribution in [3.63, 3.8) is 0 Å². The van der Waals surface area contributed by atoms with E-state index in [4.69, 9.17) is 0 Å². The maximum absolute atomic E-state index is 3.80. The van der Waals surface area contributed by atoms with E-state index >= 15 is 0 Å². The SMILES string of the molecule is CCC(C)C(Br)c1ccc(C(C)(C)C)s1. The first-order valence-electron chi connectivity index (χ1n) is 5.60. The van der Waals surface area contributed by atoms with E-state index in [0.717, 1.165) is 0 Å². The molecule has 0 radical (unpaired) electrons. The molecule has 0 aliphatic rings. The van der Waals surface area contributed by atoms with E-state index in [0.29, 0.717) is 10.7 Å². The number of hydrogen-bond donors (Lipinski definition) is 0. The van der Waals surface area contributed by atoms with Gasteiger partial charge in [0.2, 0.25) is 0 Å². The summed E-state index contributed by atoms with van der Waals surface area (Å²) < 4.78 is 0. The fraction of sp³-hybridized carbons (Fsp3) is 0.692. The van der Waals surface area contributed by atoms with Gasteiger partial charge in [0.15, 0.2) is 0 Å². The summed E-state index contributed by atoms with van der Waals surface area (Å²) in [5.74, 6) is 0.705. The number of alkyl halides is 1. The molecule has 86 valence electrons. The van der Waals surface area contributed by atoms with Crippen LogP contribution in [0.15, 0.2) is 12.1 Å². The van der Waals surface area contributed by atoms with Crippen molar-refractivity contribution in [2.24, 2.45) is 5.92 Å². The van der Waals surface area contributed by atoms with Gasteiger partial charge in [-0.25, -0.2) is 0 Å². The van der Waals surface area contributed by atoms with Crippen molar-refractivity contribution < 1.29 is 0 Å². The fourth-order valence-corrected chi connectivity index (χ4v) is 3.38. The van der Waals surface area contributed by atoms with Gasteiger partial charge in [-0.2, -0.15) is 0 Å². The van der Waals surface area contributed by atoms with E-state index in [1.54, 1.807) is 0 Å². The number of thiophene rings is 1. The molecule has 0 aliphatic carbocycles. The van der Waals surface area contributed by atoms with Gasteiger partial charge in [0, 0.05) is 9.75 Å². The molecule has 0 saturated heterocycles. The van der Waals surface area contributed by atoms with Crippen LogP contribution in [-0.4, -0.2) is 0 Å². The molecule has 0 aromatic carbocycles. The van der Waals surface area contributed by atoms with Crippen LogP contribution in [0, 0.1) is 5.92 Å². The second kappa shape index (κ2) is 5.01. The quantitative estimate of drug-likeness (QED) is 0.642. The summed E-state index contributed by atoms with van der Waals surface area (Å²) in [5.41, 5.74) is 0.283. The molecule has 2 unspecified atom stereocenters. The van der Waals surface area contributed by atoms with Crippen molar-refractivity contribution in [1.82, 2.24) is 0 Å². The van der Waals surface area contributed by atoms with Crippen LogP contribution in [0.5, 0.6) is 0 Å². The summed E-state index contributed by atoms with van der Waals surface area (Å²) in [4.78, 5) is 3.46. The van der Waals surface area contributed by atoms with Gasteiger partial charge in [-0.1, -0.05) is 57.0 Å². The maximum atomic E-state index is 3.80. The molecule has 0 nitrogen and oxygen atoms in total. The molecule has 0 bridgehead atoms. The van der Waals surface area contributed by atoms with Crippen LogP contribution in [-0.2, 0) is 5.41 Å². The number of halogens is 1. The van der Waals surface area contributed by atoms with Crippen molar-refractivity contribution in [2.75, 3.05) is 0 Å². The molecule has 0 aliphatic heterocycles. The fourth-order valence-electron chi connectivity index (χ4n) is 1.39. The third-order valence-electron chi connectivity index (χ3n) is 2.78. The van der Waals surface area contributed by atoms with E-state index in [1.165, 1.54) is 16.2 Å². The average Bonchev–Trinajstić information content (AvgIpc) is 2.63. The Kier molecular flexibility index (Phi) is 4.42. The summed E-state index contributed by atoms with van der Waals surface area (Å²) in [6, 6.07) is 4.55. The van der Waals surface area contributed by atoms with Gasteiger partial charge in [0.1, 0.15) is 0 Å². The van der Waals surface area contributed by atoms with Crippen LogP contribution in [0.25, 0.3) is 0 Å². The molecule has 1 aromatic rings. The first-order valence-corrected chi connectivity index (χ1v) is 7.33. The Morgan fingerprint density at radius 3 is 2.33 bits per heavy atom. The predicted octanol–water partition coefficient (Wildman–Crippen LogP) is 5.53. The second-order valence-electron chi connectivity index (χ2n) is 5.24. The molecule has 1 aromatic heterocycles. The Hall–Kier alpha value is 0.180. The molecule has 0 fully saturated rings. The zero-order valence-corrected chi connectivity index (χ0v) is 12.7. The minimum Gasteiger partial charge on any atom is -0.144 e. The van der Waals surface area contributed by atoms with Crippen LogP contribution in [0.3, 0.4) is 0 Å². The van der Waals surface area contributed by atoms with E-state index in [9.17, 15) is 0 Å². The van der Waals surface area contributed by atoms with Gasteiger partial charge in [-0.3, -0.25) is 0 Å². The standard InChI is InChI=1S/C13H21BrS/c1-6-9(2)12(14)10-7-8-11(15-10)13(3,4)5/h7-9,12H,6H2,1-5H3.